The SMILES string of the molecule is NCc1ccc(OC2CCCCC2)cc1F. The zero-order chi connectivity index (χ0) is 11.4. The molecule has 0 spiro atoms. The van der Waals surface area contributed by atoms with Crippen molar-refractivity contribution in [1.82, 2.24) is 0 Å². The average Bonchev–Trinajstić information content (AvgIpc) is 2.31. The molecule has 1 aliphatic rings. The Bertz CT molecular complexity index is 348. The minimum atomic E-state index is -0.268. The summed E-state index contributed by atoms with van der Waals surface area (Å²) in [6, 6.07) is 4.95. The van der Waals surface area contributed by atoms with Gasteiger partial charge in [-0.3, -0.25) is 0 Å². The Morgan fingerprint density at radius 1 is 1.25 bits per heavy atom. The standard InChI is InChI=1S/C13H18FNO/c14-13-8-12(7-6-10(13)9-15)16-11-4-2-1-3-5-11/h6-8,11H,1-5,9,15H2. The first-order chi connectivity index (χ1) is 7.79. The van der Waals surface area contributed by atoms with Crippen LogP contribution in [-0.4, -0.2) is 6.10 Å². The van der Waals surface area contributed by atoms with E-state index in [1.54, 1.807) is 12.1 Å². The molecule has 2 rings (SSSR count). The minimum absolute atomic E-state index is 0.232. The van der Waals surface area contributed by atoms with Crippen LogP contribution in [0.2, 0.25) is 0 Å². The van der Waals surface area contributed by atoms with E-state index in [2.05, 4.69) is 0 Å². The molecule has 0 aliphatic heterocycles. The summed E-state index contributed by atoms with van der Waals surface area (Å²) in [6.07, 6.45) is 6.15. The predicted octanol–water partition coefficient (Wildman–Crippen LogP) is 3.00. The molecule has 0 aromatic heterocycles. The fraction of sp³-hybridized carbons (Fsp3) is 0.538. The summed E-state index contributed by atoms with van der Waals surface area (Å²) in [7, 11) is 0. The van der Waals surface area contributed by atoms with Gasteiger partial charge in [0.15, 0.2) is 0 Å². The first kappa shape index (κ1) is 11.4. The second-order valence-electron chi connectivity index (χ2n) is 4.34. The summed E-state index contributed by atoms with van der Waals surface area (Å²) < 4.78 is 19.2. The molecule has 16 heavy (non-hydrogen) atoms. The number of benzene rings is 1. The number of hydrogen-bond acceptors (Lipinski definition) is 2. The molecule has 0 heterocycles. The molecular weight excluding hydrogens is 205 g/mol. The first-order valence-electron chi connectivity index (χ1n) is 5.95. The maximum Gasteiger partial charge on any atom is 0.131 e. The monoisotopic (exact) mass is 223 g/mol. The van der Waals surface area contributed by atoms with E-state index in [-0.39, 0.29) is 18.5 Å². The topological polar surface area (TPSA) is 35.2 Å². The third-order valence-electron chi connectivity index (χ3n) is 3.10. The van der Waals surface area contributed by atoms with Gasteiger partial charge in [0.1, 0.15) is 11.6 Å². The van der Waals surface area contributed by atoms with Crippen LogP contribution >= 0.6 is 0 Å². The Labute approximate surface area is 95.6 Å². The van der Waals surface area contributed by atoms with E-state index in [9.17, 15) is 4.39 Å². The molecule has 0 atom stereocenters. The number of ether oxygens (including phenoxy) is 1. The van der Waals surface area contributed by atoms with Crippen molar-refractivity contribution >= 4 is 0 Å². The third-order valence-corrected chi connectivity index (χ3v) is 3.10. The highest BCUT2D eigenvalue weighted by Gasteiger charge is 2.15. The number of hydrogen-bond donors (Lipinski definition) is 1. The lowest BCUT2D eigenvalue weighted by Crippen LogP contribution is -2.19. The van der Waals surface area contributed by atoms with Crippen molar-refractivity contribution in [2.24, 2.45) is 5.73 Å². The van der Waals surface area contributed by atoms with Crippen LogP contribution in [0.1, 0.15) is 37.7 Å². The number of nitrogens with two attached hydrogens (primary N) is 1. The van der Waals surface area contributed by atoms with Gasteiger partial charge in [0, 0.05) is 18.2 Å². The summed E-state index contributed by atoms with van der Waals surface area (Å²) in [6.45, 7) is 0.232. The Morgan fingerprint density at radius 3 is 2.62 bits per heavy atom. The zero-order valence-electron chi connectivity index (χ0n) is 9.42. The molecule has 0 radical (unpaired) electrons. The Hall–Kier alpha value is -1.09. The van der Waals surface area contributed by atoms with E-state index in [1.807, 2.05) is 0 Å². The Morgan fingerprint density at radius 2 is 2.00 bits per heavy atom. The lowest BCUT2D eigenvalue weighted by molar-refractivity contribution is 0.154. The van der Waals surface area contributed by atoms with Crippen molar-refractivity contribution in [1.29, 1.82) is 0 Å². The molecule has 2 N–H and O–H groups in total. The van der Waals surface area contributed by atoms with Crippen molar-refractivity contribution in [2.45, 2.75) is 44.8 Å². The van der Waals surface area contributed by atoms with Gasteiger partial charge in [-0.1, -0.05) is 12.5 Å². The van der Waals surface area contributed by atoms with Crippen LogP contribution in [0.15, 0.2) is 18.2 Å². The molecule has 3 heteroatoms. The van der Waals surface area contributed by atoms with Gasteiger partial charge in [-0.25, -0.2) is 4.39 Å². The van der Waals surface area contributed by atoms with E-state index >= 15 is 0 Å². The molecular formula is C13H18FNO. The minimum Gasteiger partial charge on any atom is -0.490 e. The van der Waals surface area contributed by atoms with Crippen LogP contribution in [0, 0.1) is 5.82 Å². The average molecular weight is 223 g/mol. The maximum atomic E-state index is 13.4. The van der Waals surface area contributed by atoms with Crippen LogP contribution in [0.3, 0.4) is 0 Å². The van der Waals surface area contributed by atoms with Gasteiger partial charge in [-0.2, -0.15) is 0 Å². The lowest BCUT2D eigenvalue weighted by Gasteiger charge is -2.23. The highest BCUT2D eigenvalue weighted by molar-refractivity contribution is 5.29. The van der Waals surface area contributed by atoms with Crippen LogP contribution in [-0.2, 0) is 6.54 Å². The van der Waals surface area contributed by atoms with Crippen molar-refractivity contribution in [3.05, 3.63) is 29.6 Å². The molecule has 0 saturated heterocycles. The van der Waals surface area contributed by atoms with E-state index < -0.39 is 0 Å². The molecule has 0 amide bonds. The number of halogens is 1. The molecule has 0 unspecified atom stereocenters. The summed E-state index contributed by atoms with van der Waals surface area (Å²) in [4.78, 5) is 0. The molecule has 1 aromatic rings. The summed E-state index contributed by atoms with van der Waals surface area (Å²) in [5, 5.41) is 0. The van der Waals surface area contributed by atoms with Crippen LogP contribution in [0.25, 0.3) is 0 Å². The quantitative estimate of drug-likeness (QED) is 0.855. The van der Waals surface area contributed by atoms with E-state index in [4.69, 9.17) is 10.5 Å². The normalized spacial score (nSPS) is 17.4. The molecule has 1 fully saturated rings. The summed E-state index contributed by atoms with van der Waals surface area (Å²) >= 11 is 0. The molecule has 1 aromatic carbocycles. The smallest absolute Gasteiger partial charge is 0.131 e. The van der Waals surface area contributed by atoms with Gasteiger partial charge in [-0.05, 0) is 31.7 Å². The largest absolute Gasteiger partial charge is 0.490 e. The van der Waals surface area contributed by atoms with Gasteiger partial charge in [-0.15, -0.1) is 0 Å². The van der Waals surface area contributed by atoms with Gasteiger partial charge < -0.3 is 10.5 Å². The summed E-state index contributed by atoms with van der Waals surface area (Å²) in [5.41, 5.74) is 5.94. The molecule has 2 nitrogen and oxygen atoms in total. The van der Waals surface area contributed by atoms with Crippen LogP contribution < -0.4 is 10.5 Å². The highest BCUT2D eigenvalue weighted by Crippen LogP contribution is 2.24. The fourth-order valence-corrected chi connectivity index (χ4v) is 2.14. The Kier molecular flexibility index (Phi) is 3.78. The van der Waals surface area contributed by atoms with Crippen LogP contribution in [0.4, 0.5) is 4.39 Å². The first-order valence-corrected chi connectivity index (χ1v) is 5.95. The summed E-state index contributed by atoms with van der Waals surface area (Å²) in [5.74, 6) is 0.359. The van der Waals surface area contributed by atoms with Crippen molar-refractivity contribution < 1.29 is 9.13 Å². The van der Waals surface area contributed by atoms with Crippen LogP contribution in [0.5, 0.6) is 5.75 Å². The Balaban J connectivity index is 2.01. The van der Waals surface area contributed by atoms with Gasteiger partial charge in [0.05, 0.1) is 6.10 Å². The van der Waals surface area contributed by atoms with E-state index in [0.29, 0.717) is 11.3 Å². The van der Waals surface area contributed by atoms with Crippen molar-refractivity contribution in [3.63, 3.8) is 0 Å². The third kappa shape index (κ3) is 2.73. The molecule has 1 aliphatic carbocycles. The van der Waals surface area contributed by atoms with Crippen molar-refractivity contribution in [3.8, 4) is 5.75 Å². The molecule has 1 saturated carbocycles. The van der Waals surface area contributed by atoms with Crippen molar-refractivity contribution in [2.75, 3.05) is 0 Å². The molecule has 88 valence electrons. The van der Waals surface area contributed by atoms with E-state index in [1.165, 1.54) is 25.3 Å². The second-order valence-corrected chi connectivity index (χ2v) is 4.34. The second kappa shape index (κ2) is 5.30. The fourth-order valence-electron chi connectivity index (χ4n) is 2.14. The lowest BCUT2D eigenvalue weighted by atomic mass is 9.98. The van der Waals surface area contributed by atoms with Gasteiger partial charge in [0.2, 0.25) is 0 Å². The van der Waals surface area contributed by atoms with E-state index in [0.717, 1.165) is 12.8 Å². The predicted molar refractivity (Wildman–Crippen MR) is 61.8 cm³/mol. The zero-order valence-corrected chi connectivity index (χ0v) is 9.42. The molecule has 0 bridgehead atoms. The maximum absolute atomic E-state index is 13.4. The van der Waals surface area contributed by atoms with Gasteiger partial charge >= 0.3 is 0 Å². The number of rotatable bonds is 3. The highest BCUT2D eigenvalue weighted by atomic mass is 19.1. The van der Waals surface area contributed by atoms with Gasteiger partial charge in [0.25, 0.3) is 0 Å².